The number of likely N-dealkylation sites (N-methyl/N-ethyl adjacent to an activating group) is 1. The third-order valence-corrected chi connectivity index (χ3v) is 4.82. The van der Waals surface area contributed by atoms with E-state index in [9.17, 15) is 9.59 Å². The number of amides is 3. The molecule has 22 heavy (non-hydrogen) atoms. The zero-order valence-electron chi connectivity index (χ0n) is 13.0. The van der Waals surface area contributed by atoms with Gasteiger partial charge in [0.2, 0.25) is 0 Å². The van der Waals surface area contributed by atoms with Gasteiger partial charge in [-0.05, 0) is 33.2 Å². The fourth-order valence-corrected chi connectivity index (χ4v) is 3.50. The number of rotatable bonds is 4. The van der Waals surface area contributed by atoms with E-state index in [0.29, 0.717) is 13.1 Å². The molecule has 2 aliphatic heterocycles. The van der Waals surface area contributed by atoms with Crippen molar-refractivity contribution in [2.45, 2.75) is 38.8 Å². The number of imide groups is 1. The van der Waals surface area contributed by atoms with Gasteiger partial charge in [0.1, 0.15) is 11.8 Å². The summed E-state index contributed by atoms with van der Waals surface area (Å²) in [5.41, 5.74) is 0.0954. The van der Waals surface area contributed by atoms with Crippen LogP contribution < -0.4 is 5.32 Å². The van der Waals surface area contributed by atoms with Crippen LogP contribution in [0.3, 0.4) is 0 Å². The third-order valence-electron chi connectivity index (χ3n) is 4.82. The molecule has 2 fully saturated rings. The van der Waals surface area contributed by atoms with E-state index in [4.69, 9.17) is 4.52 Å². The molecule has 0 radical (unpaired) electrons. The third kappa shape index (κ3) is 2.49. The maximum atomic E-state index is 12.6. The standard InChI is InChI=1S/C15H22N4O3/c1-3-19-13(20)15(2,16-14(19)21)11-5-4-7-18(9-11)10-12-6-8-22-17-12/h6,8,11H,3-5,7,9-10H2,1-2H3,(H,16,21). The first-order chi connectivity index (χ1) is 10.5. The maximum Gasteiger partial charge on any atom is 0.325 e. The van der Waals surface area contributed by atoms with Crippen molar-refractivity contribution in [2.24, 2.45) is 5.92 Å². The fraction of sp³-hybridized carbons (Fsp3) is 0.667. The second kappa shape index (κ2) is 5.72. The quantitative estimate of drug-likeness (QED) is 0.846. The van der Waals surface area contributed by atoms with Gasteiger partial charge in [-0.2, -0.15) is 0 Å². The van der Waals surface area contributed by atoms with E-state index >= 15 is 0 Å². The van der Waals surface area contributed by atoms with Crippen molar-refractivity contribution < 1.29 is 14.1 Å². The molecule has 0 aliphatic carbocycles. The Bertz CT molecular complexity index is 559. The van der Waals surface area contributed by atoms with Crippen LogP contribution in [-0.2, 0) is 11.3 Å². The van der Waals surface area contributed by atoms with Crippen LogP contribution in [-0.4, -0.2) is 52.1 Å². The molecule has 2 unspecified atom stereocenters. The molecule has 1 aromatic rings. The first kappa shape index (κ1) is 15.0. The zero-order valence-corrected chi connectivity index (χ0v) is 13.0. The van der Waals surface area contributed by atoms with E-state index in [1.165, 1.54) is 4.90 Å². The number of urea groups is 1. The number of hydrogen-bond donors (Lipinski definition) is 1. The first-order valence-corrected chi connectivity index (χ1v) is 7.80. The van der Waals surface area contributed by atoms with Gasteiger partial charge in [-0.1, -0.05) is 5.16 Å². The molecule has 2 atom stereocenters. The molecule has 120 valence electrons. The van der Waals surface area contributed by atoms with Crippen LogP contribution >= 0.6 is 0 Å². The number of piperidine rings is 1. The van der Waals surface area contributed by atoms with E-state index in [1.807, 2.05) is 19.9 Å². The van der Waals surface area contributed by atoms with Crippen molar-refractivity contribution >= 4 is 11.9 Å². The topological polar surface area (TPSA) is 78.7 Å². The highest BCUT2D eigenvalue weighted by Gasteiger charge is 2.52. The van der Waals surface area contributed by atoms with Gasteiger partial charge in [-0.15, -0.1) is 0 Å². The highest BCUT2D eigenvalue weighted by atomic mass is 16.5. The largest absolute Gasteiger partial charge is 0.364 e. The summed E-state index contributed by atoms with van der Waals surface area (Å²) in [6.07, 6.45) is 3.51. The lowest BCUT2D eigenvalue weighted by Gasteiger charge is -2.39. The van der Waals surface area contributed by atoms with Gasteiger partial charge in [-0.3, -0.25) is 14.6 Å². The van der Waals surface area contributed by atoms with E-state index in [0.717, 1.165) is 31.6 Å². The molecule has 0 aromatic carbocycles. The summed E-state index contributed by atoms with van der Waals surface area (Å²) < 4.78 is 4.87. The SMILES string of the molecule is CCN1C(=O)NC(C)(C2CCCN(Cc3ccon3)C2)C1=O. The number of aromatic nitrogens is 1. The summed E-state index contributed by atoms with van der Waals surface area (Å²) in [5.74, 6) is 0.00874. The molecule has 3 heterocycles. The molecule has 0 saturated carbocycles. The van der Waals surface area contributed by atoms with E-state index in [2.05, 4.69) is 15.4 Å². The molecule has 1 N–H and O–H groups in total. The Labute approximate surface area is 129 Å². The van der Waals surface area contributed by atoms with Crippen molar-refractivity contribution in [3.05, 3.63) is 18.0 Å². The molecule has 3 amide bonds. The number of likely N-dealkylation sites (tertiary alicyclic amines) is 1. The minimum Gasteiger partial charge on any atom is -0.364 e. The van der Waals surface area contributed by atoms with Crippen LogP contribution in [0, 0.1) is 5.92 Å². The normalized spacial score (nSPS) is 29.9. The lowest BCUT2D eigenvalue weighted by molar-refractivity contribution is -0.133. The van der Waals surface area contributed by atoms with Crippen LogP contribution in [0.2, 0.25) is 0 Å². The van der Waals surface area contributed by atoms with Gasteiger partial charge in [0.15, 0.2) is 0 Å². The van der Waals surface area contributed by atoms with Crippen LogP contribution in [0.1, 0.15) is 32.4 Å². The van der Waals surface area contributed by atoms with Gasteiger partial charge >= 0.3 is 6.03 Å². The molecule has 2 saturated heterocycles. The lowest BCUT2D eigenvalue weighted by Crippen LogP contribution is -2.55. The minimum absolute atomic E-state index is 0.103. The average Bonchev–Trinajstić information content (AvgIpc) is 3.07. The first-order valence-electron chi connectivity index (χ1n) is 7.80. The van der Waals surface area contributed by atoms with E-state index in [1.54, 1.807) is 6.26 Å². The van der Waals surface area contributed by atoms with Gasteiger partial charge in [0, 0.05) is 31.6 Å². The van der Waals surface area contributed by atoms with Crippen LogP contribution in [0.4, 0.5) is 4.79 Å². The summed E-state index contributed by atoms with van der Waals surface area (Å²) in [7, 11) is 0. The molecule has 0 bridgehead atoms. The molecular weight excluding hydrogens is 284 g/mol. The van der Waals surface area contributed by atoms with Gasteiger partial charge in [0.25, 0.3) is 5.91 Å². The molecular formula is C15H22N4O3. The number of nitrogens with zero attached hydrogens (tertiary/aromatic N) is 3. The van der Waals surface area contributed by atoms with Crippen molar-refractivity contribution in [1.82, 2.24) is 20.3 Å². The fourth-order valence-electron chi connectivity index (χ4n) is 3.50. The Kier molecular flexibility index (Phi) is 3.90. The molecule has 3 rings (SSSR count). The number of hydrogen-bond acceptors (Lipinski definition) is 5. The number of nitrogens with one attached hydrogen (secondary N) is 1. The maximum absolute atomic E-state index is 12.6. The van der Waals surface area contributed by atoms with Gasteiger partial charge in [-0.25, -0.2) is 4.79 Å². The second-order valence-corrected chi connectivity index (χ2v) is 6.25. The highest BCUT2D eigenvalue weighted by Crippen LogP contribution is 2.32. The molecule has 7 heteroatoms. The Hall–Kier alpha value is -1.89. The lowest BCUT2D eigenvalue weighted by atomic mass is 9.80. The zero-order chi connectivity index (χ0) is 15.7. The van der Waals surface area contributed by atoms with Crippen molar-refractivity contribution in [3.8, 4) is 0 Å². The predicted octanol–water partition coefficient (Wildman–Crippen LogP) is 1.22. The van der Waals surface area contributed by atoms with Crippen LogP contribution in [0.15, 0.2) is 16.9 Å². The molecule has 0 spiro atoms. The molecule has 1 aromatic heterocycles. The van der Waals surface area contributed by atoms with Crippen molar-refractivity contribution in [3.63, 3.8) is 0 Å². The van der Waals surface area contributed by atoms with Gasteiger partial charge < -0.3 is 9.84 Å². The second-order valence-electron chi connectivity index (χ2n) is 6.25. The van der Waals surface area contributed by atoms with Crippen molar-refractivity contribution in [1.29, 1.82) is 0 Å². The predicted molar refractivity (Wildman–Crippen MR) is 78.8 cm³/mol. The Morgan fingerprint density at radius 1 is 1.50 bits per heavy atom. The summed E-state index contributed by atoms with van der Waals surface area (Å²) in [4.78, 5) is 28.1. The Morgan fingerprint density at radius 2 is 2.32 bits per heavy atom. The smallest absolute Gasteiger partial charge is 0.325 e. The highest BCUT2D eigenvalue weighted by molar-refractivity contribution is 6.07. The Balaban J connectivity index is 1.71. The molecule has 7 nitrogen and oxygen atoms in total. The molecule has 2 aliphatic rings. The Morgan fingerprint density at radius 3 is 2.95 bits per heavy atom. The number of carbonyl (C=O) groups is 2. The van der Waals surface area contributed by atoms with E-state index in [-0.39, 0.29) is 17.9 Å². The van der Waals surface area contributed by atoms with Gasteiger partial charge in [0.05, 0.1) is 5.69 Å². The minimum atomic E-state index is -0.796. The number of carbonyl (C=O) groups excluding carboxylic acids is 2. The van der Waals surface area contributed by atoms with Crippen LogP contribution in [0.25, 0.3) is 0 Å². The van der Waals surface area contributed by atoms with Crippen LogP contribution in [0.5, 0.6) is 0 Å². The van der Waals surface area contributed by atoms with E-state index < -0.39 is 5.54 Å². The summed E-state index contributed by atoms with van der Waals surface area (Å²) in [5, 5.41) is 6.85. The monoisotopic (exact) mass is 306 g/mol. The summed E-state index contributed by atoms with van der Waals surface area (Å²) in [6, 6.07) is 1.58. The average molecular weight is 306 g/mol. The summed E-state index contributed by atoms with van der Waals surface area (Å²) >= 11 is 0. The van der Waals surface area contributed by atoms with Crippen molar-refractivity contribution in [2.75, 3.05) is 19.6 Å². The summed E-state index contributed by atoms with van der Waals surface area (Å²) in [6.45, 7) is 6.54.